The van der Waals surface area contributed by atoms with E-state index in [0.29, 0.717) is 11.8 Å². The highest BCUT2D eigenvalue weighted by Crippen LogP contribution is 2.26. The van der Waals surface area contributed by atoms with Crippen LogP contribution in [0.25, 0.3) is 0 Å². The molecule has 1 N–H and O–H groups in total. The van der Waals surface area contributed by atoms with Gasteiger partial charge in [0.15, 0.2) is 0 Å². The minimum absolute atomic E-state index is 0.238. The lowest BCUT2D eigenvalue weighted by Crippen LogP contribution is -2.46. The van der Waals surface area contributed by atoms with Gasteiger partial charge in [-0.25, -0.2) is 4.39 Å². The number of ether oxygens (including phenoxy) is 1. The molecule has 1 aliphatic rings. The van der Waals surface area contributed by atoms with Gasteiger partial charge in [0.1, 0.15) is 17.7 Å². The molecule has 0 saturated heterocycles. The van der Waals surface area contributed by atoms with E-state index in [-0.39, 0.29) is 11.9 Å². The molecule has 88 valence electrons. The molecule has 1 aromatic rings. The molecule has 0 radical (unpaired) electrons. The van der Waals surface area contributed by atoms with Crippen LogP contribution in [-0.4, -0.2) is 18.7 Å². The highest BCUT2D eigenvalue weighted by atomic mass is 19.1. The van der Waals surface area contributed by atoms with Crippen molar-refractivity contribution in [3.63, 3.8) is 0 Å². The molecule has 1 fully saturated rings. The van der Waals surface area contributed by atoms with Crippen LogP contribution in [0.1, 0.15) is 26.2 Å². The first-order valence-electron chi connectivity index (χ1n) is 5.93. The Kier molecular flexibility index (Phi) is 3.78. The molecule has 16 heavy (non-hydrogen) atoms. The number of nitrogens with one attached hydrogen (secondary N) is 1. The van der Waals surface area contributed by atoms with Crippen LogP contribution in [0.15, 0.2) is 24.3 Å². The Morgan fingerprint density at radius 3 is 2.94 bits per heavy atom. The summed E-state index contributed by atoms with van der Waals surface area (Å²) in [6.07, 6.45) is 3.45. The van der Waals surface area contributed by atoms with Crippen LogP contribution in [0.3, 0.4) is 0 Å². The standard InChI is InChI=1S/C13H18FNO/c1-2-6-15-11-8-13(9-11)16-12-5-3-4-10(14)7-12/h3-5,7,11,13,15H,2,6,8-9H2,1H3. The van der Waals surface area contributed by atoms with Crippen LogP contribution in [0.5, 0.6) is 5.75 Å². The summed E-state index contributed by atoms with van der Waals surface area (Å²) in [5, 5.41) is 3.44. The van der Waals surface area contributed by atoms with E-state index >= 15 is 0 Å². The second-order valence-corrected chi connectivity index (χ2v) is 4.32. The van der Waals surface area contributed by atoms with Crippen molar-refractivity contribution in [1.82, 2.24) is 5.32 Å². The highest BCUT2D eigenvalue weighted by Gasteiger charge is 2.30. The van der Waals surface area contributed by atoms with Gasteiger partial charge in [0.2, 0.25) is 0 Å². The maximum Gasteiger partial charge on any atom is 0.126 e. The van der Waals surface area contributed by atoms with E-state index in [2.05, 4.69) is 12.2 Å². The third-order valence-electron chi connectivity index (χ3n) is 2.88. The topological polar surface area (TPSA) is 21.3 Å². The van der Waals surface area contributed by atoms with Gasteiger partial charge in [-0.2, -0.15) is 0 Å². The van der Waals surface area contributed by atoms with Crippen LogP contribution in [0, 0.1) is 5.82 Å². The summed E-state index contributed by atoms with van der Waals surface area (Å²) >= 11 is 0. The van der Waals surface area contributed by atoms with E-state index in [9.17, 15) is 4.39 Å². The lowest BCUT2D eigenvalue weighted by Gasteiger charge is -2.36. The zero-order valence-corrected chi connectivity index (χ0v) is 9.58. The van der Waals surface area contributed by atoms with Crippen molar-refractivity contribution in [1.29, 1.82) is 0 Å². The molecular formula is C13H18FNO. The molecule has 0 atom stereocenters. The first-order chi connectivity index (χ1) is 7.78. The van der Waals surface area contributed by atoms with Gasteiger partial charge in [0, 0.05) is 12.1 Å². The van der Waals surface area contributed by atoms with E-state index in [1.807, 2.05) is 0 Å². The fourth-order valence-electron chi connectivity index (χ4n) is 1.91. The second kappa shape index (κ2) is 5.30. The Bertz CT molecular complexity index is 336. The lowest BCUT2D eigenvalue weighted by molar-refractivity contribution is 0.0849. The Labute approximate surface area is 95.8 Å². The van der Waals surface area contributed by atoms with Gasteiger partial charge in [-0.3, -0.25) is 0 Å². The van der Waals surface area contributed by atoms with E-state index in [1.165, 1.54) is 12.1 Å². The first kappa shape index (κ1) is 11.4. The second-order valence-electron chi connectivity index (χ2n) is 4.32. The fourth-order valence-corrected chi connectivity index (χ4v) is 1.91. The summed E-state index contributed by atoms with van der Waals surface area (Å²) in [5.74, 6) is 0.399. The molecule has 1 aliphatic carbocycles. The number of benzene rings is 1. The molecule has 3 heteroatoms. The van der Waals surface area contributed by atoms with E-state index in [1.54, 1.807) is 12.1 Å². The van der Waals surface area contributed by atoms with Crippen molar-refractivity contribution in [3.05, 3.63) is 30.1 Å². The molecule has 2 rings (SSSR count). The minimum atomic E-state index is -0.238. The van der Waals surface area contributed by atoms with E-state index < -0.39 is 0 Å². The summed E-state index contributed by atoms with van der Waals surface area (Å²) in [7, 11) is 0. The third kappa shape index (κ3) is 2.95. The Morgan fingerprint density at radius 1 is 1.44 bits per heavy atom. The zero-order valence-electron chi connectivity index (χ0n) is 9.58. The third-order valence-corrected chi connectivity index (χ3v) is 2.88. The zero-order chi connectivity index (χ0) is 11.4. The van der Waals surface area contributed by atoms with Gasteiger partial charge in [-0.1, -0.05) is 13.0 Å². The average molecular weight is 223 g/mol. The number of hydrogen-bond donors (Lipinski definition) is 1. The van der Waals surface area contributed by atoms with Crippen molar-refractivity contribution >= 4 is 0 Å². The van der Waals surface area contributed by atoms with E-state index in [4.69, 9.17) is 4.74 Å². The molecule has 0 spiro atoms. The molecule has 0 heterocycles. The van der Waals surface area contributed by atoms with Crippen LogP contribution < -0.4 is 10.1 Å². The SMILES string of the molecule is CCCNC1CC(Oc2cccc(F)c2)C1. The molecular weight excluding hydrogens is 205 g/mol. The molecule has 1 saturated carbocycles. The van der Waals surface area contributed by atoms with Crippen LogP contribution in [0.4, 0.5) is 4.39 Å². The summed E-state index contributed by atoms with van der Waals surface area (Å²) in [6, 6.07) is 6.93. The van der Waals surface area contributed by atoms with Crippen molar-refractivity contribution in [2.24, 2.45) is 0 Å². The van der Waals surface area contributed by atoms with Crippen molar-refractivity contribution in [2.75, 3.05) is 6.54 Å². The summed E-state index contributed by atoms with van der Waals surface area (Å²) in [4.78, 5) is 0. The summed E-state index contributed by atoms with van der Waals surface area (Å²) < 4.78 is 18.6. The van der Waals surface area contributed by atoms with Gasteiger partial charge in [-0.15, -0.1) is 0 Å². The van der Waals surface area contributed by atoms with Crippen LogP contribution in [0.2, 0.25) is 0 Å². The molecule has 0 aliphatic heterocycles. The van der Waals surface area contributed by atoms with Gasteiger partial charge in [-0.05, 0) is 37.9 Å². The largest absolute Gasteiger partial charge is 0.490 e. The predicted molar refractivity (Wildman–Crippen MR) is 62.1 cm³/mol. The van der Waals surface area contributed by atoms with Crippen molar-refractivity contribution in [3.8, 4) is 5.75 Å². The normalized spacial score (nSPS) is 23.9. The van der Waals surface area contributed by atoms with Crippen LogP contribution in [-0.2, 0) is 0 Å². The molecule has 0 unspecified atom stereocenters. The van der Waals surface area contributed by atoms with Gasteiger partial charge >= 0.3 is 0 Å². The first-order valence-corrected chi connectivity index (χ1v) is 5.93. The van der Waals surface area contributed by atoms with E-state index in [0.717, 1.165) is 25.8 Å². The summed E-state index contributed by atoms with van der Waals surface area (Å²) in [5.41, 5.74) is 0. The smallest absolute Gasteiger partial charge is 0.126 e. The van der Waals surface area contributed by atoms with Gasteiger partial charge < -0.3 is 10.1 Å². The van der Waals surface area contributed by atoms with Crippen molar-refractivity contribution in [2.45, 2.75) is 38.3 Å². The average Bonchev–Trinajstić information content (AvgIpc) is 2.21. The summed E-state index contributed by atoms with van der Waals surface area (Å²) in [6.45, 7) is 3.23. The molecule has 0 bridgehead atoms. The maximum absolute atomic E-state index is 12.9. The highest BCUT2D eigenvalue weighted by molar-refractivity contribution is 5.23. The van der Waals surface area contributed by atoms with Crippen molar-refractivity contribution < 1.29 is 9.13 Å². The van der Waals surface area contributed by atoms with Crippen LogP contribution >= 0.6 is 0 Å². The Balaban J connectivity index is 1.73. The van der Waals surface area contributed by atoms with Gasteiger partial charge in [0.05, 0.1) is 0 Å². The Morgan fingerprint density at radius 2 is 2.25 bits per heavy atom. The lowest BCUT2D eigenvalue weighted by atomic mass is 9.89. The molecule has 0 amide bonds. The molecule has 2 nitrogen and oxygen atoms in total. The monoisotopic (exact) mass is 223 g/mol. The maximum atomic E-state index is 12.9. The number of rotatable bonds is 5. The minimum Gasteiger partial charge on any atom is -0.490 e. The fraction of sp³-hybridized carbons (Fsp3) is 0.538. The number of halogens is 1. The predicted octanol–water partition coefficient (Wildman–Crippen LogP) is 2.74. The molecule has 1 aromatic carbocycles. The quantitative estimate of drug-likeness (QED) is 0.828. The Hall–Kier alpha value is -1.09. The number of hydrogen-bond acceptors (Lipinski definition) is 2. The van der Waals surface area contributed by atoms with Gasteiger partial charge in [0.25, 0.3) is 0 Å². The molecule has 0 aromatic heterocycles.